The molecule has 11 heteroatoms. The van der Waals surface area contributed by atoms with Crippen molar-refractivity contribution in [2.45, 2.75) is 11.1 Å². The van der Waals surface area contributed by atoms with Crippen LogP contribution in [0.5, 0.6) is 0 Å². The Hall–Kier alpha value is -2.14. The normalized spacial score (nSPS) is 16.1. The van der Waals surface area contributed by atoms with Gasteiger partial charge in [-0.25, -0.2) is 17.7 Å². The molecular formula is C20H21ClF3N3O3S. The number of ether oxygens (including phenoxy) is 1. The standard InChI is InChI=1S/C20H21ClF3N3O3S/c1-26(2)31(28,29)15-8-6-14(7-9-15)19(20(22,23)24)25-17-5-3-4-16(21)18(17)27-10-12-30-13-11-27/h3-9H,10-13H2,1-2H3/b25-19+. The fourth-order valence-electron chi connectivity index (χ4n) is 3.10. The molecule has 0 radical (unpaired) electrons. The number of hydrogen-bond acceptors (Lipinski definition) is 5. The summed E-state index contributed by atoms with van der Waals surface area (Å²) in [6, 6.07) is 9.06. The summed E-state index contributed by atoms with van der Waals surface area (Å²) >= 11 is 6.30. The minimum atomic E-state index is -4.77. The van der Waals surface area contributed by atoms with Gasteiger partial charge in [-0.15, -0.1) is 0 Å². The molecule has 168 valence electrons. The van der Waals surface area contributed by atoms with E-state index in [9.17, 15) is 21.6 Å². The molecule has 1 fully saturated rings. The van der Waals surface area contributed by atoms with Crippen LogP contribution in [0.15, 0.2) is 52.4 Å². The van der Waals surface area contributed by atoms with Crippen LogP contribution in [0, 0.1) is 0 Å². The molecule has 0 spiro atoms. The molecule has 0 aromatic heterocycles. The monoisotopic (exact) mass is 475 g/mol. The van der Waals surface area contributed by atoms with E-state index in [1.807, 2.05) is 4.90 Å². The maximum absolute atomic E-state index is 13.9. The lowest BCUT2D eigenvalue weighted by atomic mass is 10.1. The fourth-order valence-corrected chi connectivity index (χ4v) is 4.29. The molecule has 0 N–H and O–H groups in total. The topological polar surface area (TPSA) is 62.2 Å². The highest BCUT2D eigenvalue weighted by atomic mass is 35.5. The largest absolute Gasteiger partial charge is 0.433 e. The van der Waals surface area contributed by atoms with Crippen LogP contribution in [-0.4, -0.2) is 65.0 Å². The summed E-state index contributed by atoms with van der Waals surface area (Å²) in [5.74, 6) is 0. The van der Waals surface area contributed by atoms with Crippen LogP contribution in [0.4, 0.5) is 24.5 Å². The minimum absolute atomic E-state index is 0.0757. The van der Waals surface area contributed by atoms with Crippen LogP contribution in [0.25, 0.3) is 0 Å². The van der Waals surface area contributed by atoms with E-state index in [1.54, 1.807) is 6.07 Å². The van der Waals surface area contributed by atoms with Gasteiger partial charge in [0.05, 0.1) is 34.5 Å². The molecule has 0 bridgehead atoms. The molecular weight excluding hydrogens is 455 g/mol. The Kier molecular flexibility index (Phi) is 6.95. The molecule has 2 aromatic carbocycles. The van der Waals surface area contributed by atoms with Crippen LogP contribution in [-0.2, 0) is 14.8 Å². The summed E-state index contributed by atoms with van der Waals surface area (Å²) in [7, 11) is -1.07. The number of anilines is 1. The molecule has 0 amide bonds. The summed E-state index contributed by atoms with van der Waals surface area (Å²) in [5.41, 5.74) is -0.913. The Bertz CT molecular complexity index is 1070. The Morgan fingerprint density at radius 3 is 2.26 bits per heavy atom. The summed E-state index contributed by atoms with van der Waals surface area (Å²) in [4.78, 5) is 5.66. The van der Waals surface area contributed by atoms with E-state index in [1.165, 1.54) is 26.2 Å². The van der Waals surface area contributed by atoms with Gasteiger partial charge in [0.15, 0.2) is 5.71 Å². The van der Waals surface area contributed by atoms with E-state index in [0.29, 0.717) is 32.0 Å². The molecule has 0 aliphatic carbocycles. The number of hydrogen-bond donors (Lipinski definition) is 0. The molecule has 1 saturated heterocycles. The van der Waals surface area contributed by atoms with Crippen LogP contribution in [0.1, 0.15) is 5.56 Å². The summed E-state index contributed by atoms with van der Waals surface area (Å²) in [5, 5.41) is 0.289. The number of rotatable bonds is 5. The summed E-state index contributed by atoms with van der Waals surface area (Å²) < 4.78 is 72.4. The number of benzene rings is 2. The third-order valence-electron chi connectivity index (χ3n) is 4.70. The van der Waals surface area contributed by atoms with E-state index in [0.717, 1.165) is 28.6 Å². The van der Waals surface area contributed by atoms with Crippen LogP contribution in [0.2, 0.25) is 5.02 Å². The molecule has 1 aliphatic rings. The highest BCUT2D eigenvalue weighted by molar-refractivity contribution is 7.89. The van der Waals surface area contributed by atoms with Crippen molar-refractivity contribution in [3.05, 3.63) is 53.1 Å². The van der Waals surface area contributed by atoms with Gasteiger partial charge in [-0.2, -0.15) is 13.2 Å². The van der Waals surface area contributed by atoms with Crippen molar-refractivity contribution in [3.8, 4) is 0 Å². The highest BCUT2D eigenvalue weighted by Crippen LogP contribution is 2.38. The molecule has 6 nitrogen and oxygen atoms in total. The van der Waals surface area contributed by atoms with Crippen molar-refractivity contribution in [1.29, 1.82) is 0 Å². The third kappa shape index (κ3) is 5.20. The number of sulfonamides is 1. The Labute approximate surface area is 183 Å². The smallest absolute Gasteiger partial charge is 0.378 e. The second-order valence-corrected chi connectivity index (χ2v) is 9.54. The number of halogens is 4. The first-order valence-electron chi connectivity index (χ1n) is 9.32. The first-order chi connectivity index (χ1) is 14.5. The molecule has 2 aromatic rings. The van der Waals surface area contributed by atoms with E-state index >= 15 is 0 Å². The van der Waals surface area contributed by atoms with Gasteiger partial charge < -0.3 is 9.64 Å². The van der Waals surface area contributed by atoms with E-state index < -0.39 is 21.9 Å². The van der Waals surface area contributed by atoms with Crippen molar-refractivity contribution in [3.63, 3.8) is 0 Å². The predicted octanol–water partition coefficient (Wildman–Crippen LogP) is 4.11. The van der Waals surface area contributed by atoms with Gasteiger partial charge in [0, 0.05) is 32.7 Å². The molecule has 1 aliphatic heterocycles. The van der Waals surface area contributed by atoms with Gasteiger partial charge in [0.1, 0.15) is 0 Å². The van der Waals surface area contributed by atoms with Crippen LogP contribution in [0.3, 0.4) is 0 Å². The molecule has 3 rings (SSSR count). The third-order valence-corrected chi connectivity index (χ3v) is 6.83. The van der Waals surface area contributed by atoms with Gasteiger partial charge >= 0.3 is 6.18 Å². The lowest BCUT2D eigenvalue weighted by Crippen LogP contribution is -2.36. The van der Waals surface area contributed by atoms with E-state index in [4.69, 9.17) is 16.3 Å². The first-order valence-corrected chi connectivity index (χ1v) is 11.1. The molecule has 0 atom stereocenters. The zero-order valence-corrected chi connectivity index (χ0v) is 18.4. The lowest BCUT2D eigenvalue weighted by Gasteiger charge is -2.30. The van der Waals surface area contributed by atoms with E-state index in [2.05, 4.69) is 4.99 Å². The van der Waals surface area contributed by atoms with Crippen molar-refractivity contribution in [2.75, 3.05) is 45.3 Å². The number of aliphatic imine (C=N–C) groups is 1. The highest BCUT2D eigenvalue weighted by Gasteiger charge is 2.37. The second-order valence-electron chi connectivity index (χ2n) is 6.98. The second kappa shape index (κ2) is 9.15. The zero-order chi connectivity index (χ0) is 22.8. The Balaban J connectivity index is 2.08. The first kappa shape index (κ1) is 23.5. The molecule has 0 saturated carbocycles. The quantitative estimate of drug-likeness (QED) is 0.611. The number of alkyl halides is 3. The maximum Gasteiger partial charge on any atom is 0.433 e. The predicted molar refractivity (Wildman–Crippen MR) is 114 cm³/mol. The van der Waals surface area contributed by atoms with Crippen molar-refractivity contribution in [1.82, 2.24) is 4.31 Å². The summed E-state index contributed by atoms with van der Waals surface area (Å²) in [6.45, 7) is 1.82. The zero-order valence-electron chi connectivity index (χ0n) is 16.9. The SMILES string of the molecule is CN(C)S(=O)(=O)c1ccc(/C(=N\c2cccc(Cl)c2N2CCOCC2)C(F)(F)F)cc1. The Morgan fingerprint density at radius 2 is 1.71 bits per heavy atom. The van der Waals surface area contributed by atoms with Crippen LogP contribution < -0.4 is 4.90 Å². The van der Waals surface area contributed by atoms with Crippen LogP contribution >= 0.6 is 11.6 Å². The van der Waals surface area contributed by atoms with Gasteiger partial charge in [-0.05, 0) is 24.3 Å². The van der Waals surface area contributed by atoms with Crippen molar-refractivity contribution < 1.29 is 26.3 Å². The minimum Gasteiger partial charge on any atom is -0.378 e. The molecule has 31 heavy (non-hydrogen) atoms. The molecule has 0 unspecified atom stereocenters. The Morgan fingerprint density at radius 1 is 1.10 bits per heavy atom. The summed E-state index contributed by atoms with van der Waals surface area (Å²) in [6.07, 6.45) is -4.77. The number of nitrogens with zero attached hydrogens (tertiary/aromatic N) is 3. The number of para-hydroxylation sites is 1. The van der Waals surface area contributed by atoms with Crippen molar-refractivity contribution >= 4 is 38.7 Å². The molecule has 1 heterocycles. The average molecular weight is 476 g/mol. The number of morpholine rings is 1. The fraction of sp³-hybridized carbons (Fsp3) is 0.350. The van der Waals surface area contributed by atoms with Crippen molar-refractivity contribution in [2.24, 2.45) is 4.99 Å². The van der Waals surface area contributed by atoms with Gasteiger partial charge in [-0.3, -0.25) is 0 Å². The van der Waals surface area contributed by atoms with Gasteiger partial charge in [-0.1, -0.05) is 29.8 Å². The van der Waals surface area contributed by atoms with E-state index in [-0.39, 0.29) is 21.2 Å². The van der Waals surface area contributed by atoms with Gasteiger partial charge in [0.25, 0.3) is 0 Å². The van der Waals surface area contributed by atoms with Gasteiger partial charge in [0.2, 0.25) is 10.0 Å². The average Bonchev–Trinajstić information content (AvgIpc) is 2.72. The maximum atomic E-state index is 13.9. The lowest BCUT2D eigenvalue weighted by molar-refractivity contribution is -0.0579.